The lowest BCUT2D eigenvalue weighted by molar-refractivity contribution is -0.171. The zero-order chi connectivity index (χ0) is 21.1. The lowest BCUT2D eigenvalue weighted by atomic mass is 9.92. The van der Waals surface area contributed by atoms with Crippen molar-refractivity contribution < 1.29 is 17.9 Å². The fourth-order valence-electron chi connectivity index (χ4n) is 4.91. The summed E-state index contributed by atoms with van der Waals surface area (Å²) in [5.41, 5.74) is -1.35. The number of rotatable bonds is 2. The molecule has 5 rings (SSSR count). The van der Waals surface area contributed by atoms with Gasteiger partial charge in [-0.05, 0) is 67.9 Å². The smallest absolute Gasteiger partial charge is 0.243 e. The van der Waals surface area contributed by atoms with Gasteiger partial charge in [0.2, 0.25) is 15.9 Å². The molecular weight excluding hydrogens is 426 g/mol. The molecule has 0 saturated carbocycles. The van der Waals surface area contributed by atoms with E-state index < -0.39 is 21.3 Å². The minimum atomic E-state index is -3.86. The van der Waals surface area contributed by atoms with E-state index in [2.05, 4.69) is 5.32 Å². The van der Waals surface area contributed by atoms with Crippen LogP contribution in [0, 0.1) is 0 Å². The number of halogens is 1. The number of carbonyl (C=O) groups is 1. The van der Waals surface area contributed by atoms with E-state index in [1.807, 2.05) is 6.92 Å². The Bertz CT molecular complexity index is 1130. The summed E-state index contributed by atoms with van der Waals surface area (Å²) in [5, 5.41) is 5.55. The maximum Gasteiger partial charge on any atom is 0.243 e. The van der Waals surface area contributed by atoms with Crippen molar-refractivity contribution in [3.8, 4) is 0 Å². The van der Waals surface area contributed by atoms with Gasteiger partial charge in [-0.25, -0.2) is 8.42 Å². The molecular formula is C21H24ClN3O4S. The van der Waals surface area contributed by atoms with Crippen molar-refractivity contribution in [1.29, 1.82) is 0 Å². The van der Waals surface area contributed by atoms with Gasteiger partial charge in [-0.3, -0.25) is 4.79 Å². The Morgan fingerprint density at radius 2 is 1.77 bits per heavy atom. The molecule has 30 heavy (non-hydrogen) atoms. The van der Waals surface area contributed by atoms with E-state index in [0.29, 0.717) is 11.6 Å². The molecule has 1 atom stereocenters. The molecule has 2 aromatic rings. The number of piperidine rings is 1. The topological polar surface area (TPSA) is 79.0 Å². The zero-order valence-corrected chi connectivity index (χ0v) is 18.3. The third kappa shape index (κ3) is 3.22. The summed E-state index contributed by atoms with van der Waals surface area (Å²) < 4.78 is 34.5. The highest BCUT2D eigenvalue weighted by Gasteiger charge is 2.57. The number of piperazine rings is 1. The van der Waals surface area contributed by atoms with E-state index in [-0.39, 0.29) is 23.9 Å². The second-order valence-corrected chi connectivity index (χ2v) is 11.0. The summed E-state index contributed by atoms with van der Waals surface area (Å²) in [5.74, 6) is -0.213. The Morgan fingerprint density at radius 3 is 2.53 bits per heavy atom. The van der Waals surface area contributed by atoms with Crippen LogP contribution in [0.25, 0.3) is 10.8 Å². The van der Waals surface area contributed by atoms with Crippen LogP contribution in [-0.4, -0.2) is 67.6 Å². The molecule has 3 fully saturated rings. The Morgan fingerprint density at radius 1 is 1.07 bits per heavy atom. The molecule has 3 heterocycles. The van der Waals surface area contributed by atoms with Gasteiger partial charge in [0.15, 0.2) is 5.72 Å². The van der Waals surface area contributed by atoms with Crippen LogP contribution < -0.4 is 5.32 Å². The molecule has 3 aliphatic rings. The van der Waals surface area contributed by atoms with Gasteiger partial charge in [0.1, 0.15) is 0 Å². The van der Waals surface area contributed by atoms with Gasteiger partial charge in [-0.2, -0.15) is 4.31 Å². The van der Waals surface area contributed by atoms with Crippen LogP contribution in [0.1, 0.15) is 19.8 Å². The van der Waals surface area contributed by atoms with Crippen molar-refractivity contribution in [2.24, 2.45) is 0 Å². The van der Waals surface area contributed by atoms with Gasteiger partial charge < -0.3 is 15.0 Å². The summed E-state index contributed by atoms with van der Waals surface area (Å²) in [4.78, 5) is 14.8. The average Bonchev–Trinajstić information content (AvgIpc) is 3.00. The van der Waals surface area contributed by atoms with Crippen molar-refractivity contribution in [2.45, 2.75) is 36.0 Å². The van der Waals surface area contributed by atoms with Crippen molar-refractivity contribution in [3.05, 3.63) is 41.4 Å². The molecule has 1 spiro atoms. The van der Waals surface area contributed by atoms with E-state index in [1.54, 1.807) is 41.3 Å². The quantitative estimate of drug-likeness (QED) is 0.760. The van der Waals surface area contributed by atoms with Crippen molar-refractivity contribution in [1.82, 2.24) is 14.5 Å². The van der Waals surface area contributed by atoms with Gasteiger partial charge in [-0.15, -0.1) is 0 Å². The van der Waals surface area contributed by atoms with Gasteiger partial charge in [0, 0.05) is 5.02 Å². The molecule has 7 nitrogen and oxygen atoms in total. The van der Waals surface area contributed by atoms with Crippen molar-refractivity contribution >= 4 is 38.3 Å². The molecule has 9 heteroatoms. The Kier molecular flexibility index (Phi) is 4.65. The van der Waals surface area contributed by atoms with Crippen LogP contribution in [0.5, 0.6) is 0 Å². The molecule has 3 saturated heterocycles. The number of sulfonamides is 1. The average molecular weight is 450 g/mol. The van der Waals surface area contributed by atoms with Crippen molar-refractivity contribution in [3.63, 3.8) is 0 Å². The van der Waals surface area contributed by atoms with Crippen LogP contribution in [0.4, 0.5) is 0 Å². The monoisotopic (exact) mass is 449 g/mol. The van der Waals surface area contributed by atoms with Crippen LogP contribution in [0.2, 0.25) is 5.02 Å². The number of carbonyl (C=O) groups excluding carboxylic acids is 1. The molecule has 0 bridgehead atoms. The summed E-state index contributed by atoms with van der Waals surface area (Å²) in [6.45, 7) is 3.96. The number of hydrogen-bond donors (Lipinski definition) is 1. The summed E-state index contributed by atoms with van der Waals surface area (Å²) in [6, 6.07) is 10.3. The lowest BCUT2D eigenvalue weighted by Gasteiger charge is -2.42. The molecule has 2 aromatic carbocycles. The number of nitrogens with zero attached hydrogens (tertiary/aromatic N) is 2. The number of nitrogens with one attached hydrogen (secondary N) is 1. The van der Waals surface area contributed by atoms with E-state index in [9.17, 15) is 13.2 Å². The lowest BCUT2D eigenvalue weighted by Crippen LogP contribution is -2.62. The molecule has 1 unspecified atom stereocenters. The number of fused-ring (bicyclic) bond motifs is 2. The minimum absolute atomic E-state index is 0.120. The molecule has 1 N–H and O–H groups in total. The fraction of sp³-hybridized carbons (Fsp3) is 0.476. The summed E-state index contributed by atoms with van der Waals surface area (Å²) in [7, 11) is -3.86. The van der Waals surface area contributed by atoms with E-state index in [0.717, 1.165) is 36.7 Å². The van der Waals surface area contributed by atoms with E-state index in [4.69, 9.17) is 16.3 Å². The first-order valence-electron chi connectivity index (χ1n) is 10.1. The van der Waals surface area contributed by atoms with Gasteiger partial charge in [0.05, 0.1) is 30.1 Å². The summed E-state index contributed by atoms with van der Waals surface area (Å²) in [6.07, 6.45) is 1.62. The predicted molar refractivity (Wildman–Crippen MR) is 114 cm³/mol. The zero-order valence-electron chi connectivity index (χ0n) is 16.7. The second-order valence-electron chi connectivity index (χ2n) is 8.62. The minimum Gasteiger partial charge on any atom is -0.346 e. The van der Waals surface area contributed by atoms with Crippen molar-refractivity contribution in [2.75, 3.05) is 32.7 Å². The maximum atomic E-state index is 13.4. The van der Waals surface area contributed by atoms with Crippen LogP contribution in [-0.2, 0) is 19.6 Å². The largest absolute Gasteiger partial charge is 0.346 e. The van der Waals surface area contributed by atoms with Crippen LogP contribution in [0.15, 0.2) is 41.3 Å². The van der Waals surface area contributed by atoms with E-state index >= 15 is 0 Å². The predicted octanol–water partition coefficient (Wildman–Crippen LogP) is 2.19. The molecule has 0 aliphatic carbocycles. The molecule has 0 aromatic heterocycles. The molecule has 1 amide bonds. The maximum absolute atomic E-state index is 13.4. The first-order chi connectivity index (χ1) is 14.2. The first kappa shape index (κ1) is 20.2. The second kappa shape index (κ2) is 6.90. The fourth-order valence-corrected chi connectivity index (χ4v) is 6.60. The third-order valence-electron chi connectivity index (χ3n) is 6.46. The van der Waals surface area contributed by atoms with Gasteiger partial charge >= 0.3 is 0 Å². The highest BCUT2D eigenvalue weighted by molar-refractivity contribution is 7.89. The molecule has 160 valence electrons. The third-order valence-corrected chi connectivity index (χ3v) is 8.49. The standard InChI is InChI=1S/C21H24ClN3O4S/c1-20-13-24(12-19(26)25(20)14-21(29-20)6-8-23-9-7-21)30(27,28)18-5-3-15-10-17(22)4-2-16(15)11-18/h2-5,10-11,23H,6-9,12-14H2,1H3. The van der Waals surface area contributed by atoms with Crippen LogP contribution in [0.3, 0.4) is 0 Å². The van der Waals surface area contributed by atoms with Gasteiger partial charge in [-0.1, -0.05) is 23.7 Å². The summed E-state index contributed by atoms with van der Waals surface area (Å²) >= 11 is 6.03. The Labute approximate surface area is 181 Å². The Hall–Kier alpha value is -1.71. The molecule has 0 radical (unpaired) electrons. The highest BCUT2D eigenvalue weighted by atomic mass is 35.5. The van der Waals surface area contributed by atoms with E-state index in [1.165, 1.54) is 4.31 Å². The van der Waals surface area contributed by atoms with Gasteiger partial charge in [0.25, 0.3) is 0 Å². The normalized spacial score (nSPS) is 27.0. The number of ether oxygens (including phenoxy) is 1. The first-order valence-corrected chi connectivity index (χ1v) is 11.9. The SMILES string of the molecule is CC12CN(S(=O)(=O)c3ccc4cc(Cl)ccc4c3)CC(=O)N1CC1(CCNCC1)O2. The Balaban J connectivity index is 1.46. The number of hydrogen-bond acceptors (Lipinski definition) is 5. The highest BCUT2D eigenvalue weighted by Crippen LogP contribution is 2.42. The number of benzene rings is 2. The molecule has 3 aliphatic heterocycles. The number of amides is 1. The van der Waals surface area contributed by atoms with Crippen LogP contribution >= 0.6 is 11.6 Å².